The lowest BCUT2D eigenvalue weighted by Crippen LogP contribution is -2.30. The van der Waals surface area contributed by atoms with Gasteiger partial charge in [0.05, 0.1) is 12.1 Å². The first-order valence-corrected chi connectivity index (χ1v) is 5.50. The van der Waals surface area contributed by atoms with E-state index in [-0.39, 0.29) is 5.54 Å². The standard InChI is InChI=1S/C13H21NO/c1-11(2)7-10-15-12-5-4-8-13(3,14)9-6-12/h4-6,8-9,11H,7,10,14H2,1-3H3. The van der Waals surface area contributed by atoms with Gasteiger partial charge in [-0.2, -0.15) is 0 Å². The van der Waals surface area contributed by atoms with E-state index in [1.54, 1.807) is 0 Å². The minimum Gasteiger partial charge on any atom is -0.494 e. The monoisotopic (exact) mass is 207 g/mol. The van der Waals surface area contributed by atoms with E-state index in [0.717, 1.165) is 18.8 Å². The number of ether oxygens (including phenoxy) is 1. The number of hydrogen-bond acceptors (Lipinski definition) is 2. The zero-order chi connectivity index (χ0) is 11.3. The molecular formula is C13H21NO. The van der Waals surface area contributed by atoms with Crippen LogP contribution in [0.4, 0.5) is 0 Å². The van der Waals surface area contributed by atoms with Gasteiger partial charge < -0.3 is 10.5 Å². The Labute approximate surface area is 92.5 Å². The zero-order valence-corrected chi connectivity index (χ0v) is 9.86. The van der Waals surface area contributed by atoms with Crippen LogP contribution in [-0.4, -0.2) is 12.1 Å². The van der Waals surface area contributed by atoms with E-state index in [0.29, 0.717) is 5.92 Å². The van der Waals surface area contributed by atoms with E-state index in [2.05, 4.69) is 13.8 Å². The molecule has 0 spiro atoms. The second-order valence-corrected chi connectivity index (χ2v) is 4.66. The number of nitrogens with two attached hydrogens (primary N) is 1. The molecule has 0 radical (unpaired) electrons. The van der Waals surface area contributed by atoms with Crippen molar-refractivity contribution in [3.05, 3.63) is 36.1 Å². The van der Waals surface area contributed by atoms with Crippen molar-refractivity contribution in [2.75, 3.05) is 6.61 Å². The minimum atomic E-state index is -0.361. The molecule has 0 amide bonds. The fraction of sp³-hybridized carbons (Fsp3) is 0.538. The Balaban J connectivity index is 2.44. The summed E-state index contributed by atoms with van der Waals surface area (Å²) in [5, 5.41) is 0. The Morgan fingerprint density at radius 1 is 1.40 bits per heavy atom. The summed E-state index contributed by atoms with van der Waals surface area (Å²) in [6.45, 7) is 7.11. The third kappa shape index (κ3) is 4.84. The molecule has 1 aliphatic carbocycles. The van der Waals surface area contributed by atoms with Gasteiger partial charge in [0.2, 0.25) is 0 Å². The predicted octanol–water partition coefficient (Wildman–Crippen LogP) is 2.78. The van der Waals surface area contributed by atoms with Crippen molar-refractivity contribution in [1.82, 2.24) is 0 Å². The lowest BCUT2D eigenvalue weighted by molar-refractivity contribution is 0.207. The second-order valence-electron chi connectivity index (χ2n) is 4.66. The van der Waals surface area contributed by atoms with E-state index < -0.39 is 0 Å². The molecule has 0 aliphatic heterocycles. The molecule has 0 aromatic rings. The van der Waals surface area contributed by atoms with Gasteiger partial charge in [-0.1, -0.05) is 32.1 Å². The SMILES string of the molecule is CC(C)CCOC1=CC=CC(C)(N)C=C1. The molecule has 1 atom stereocenters. The maximum absolute atomic E-state index is 5.95. The maximum Gasteiger partial charge on any atom is 0.119 e. The highest BCUT2D eigenvalue weighted by atomic mass is 16.5. The first kappa shape index (κ1) is 12.1. The number of rotatable bonds is 4. The molecule has 0 heterocycles. The highest BCUT2D eigenvalue weighted by molar-refractivity contribution is 5.30. The van der Waals surface area contributed by atoms with Gasteiger partial charge in [0.1, 0.15) is 5.76 Å². The van der Waals surface area contributed by atoms with Gasteiger partial charge in [0.15, 0.2) is 0 Å². The van der Waals surface area contributed by atoms with Crippen LogP contribution in [0.15, 0.2) is 36.1 Å². The minimum absolute atomic E-state index is 0.361. The van der Waals surface area contributed by atoms with Crippen LogP contribution in [0.2, 0.25) is 0 Å². The maximum atomic E-state index is 5.95. The Hall–Kier alpha value is -1.02. The fourth-order valence-electron chi connectivity index (χ4n) is 1.23. The largest absolute Gasteiger partial charge is 0.494 e. The molecule has 2 heteroatoms. The van der Waals surface area contributed by atoms with Crippen LogP contribution in [0, 0.1) is 5.92 Å². The summed E-state index contributed by atoms with van der Waals surface area (Å²) in [5.74, 6) is 1.57. The first-order chi connectivity index (χ1) is 6.99. The molecule has 0 aromatic heterocycles. The van der Waals surface area contributed by atoms with Crippen LogP contribution in [0.3, 0.4) is 0 Å². The molecular weight excluding hydrogens is 186 g/mol. The third-order valence-corrected chi connectivity index (χ3v) is 2.29. The van der Waals surface area contributed by atoms with E-state index in [1.165, 1.54) is 0 Å². The average Bonchev–Trinajstić information content (AvgIpc) is 2.27. The van der Waals surface area contributed by atoms with Gasteiger partial charge in [-0.15, -0.1) is 0 Å². The molecule has 0 aromatic carbocycles. The van der Waals surface area contributed by atoms with Gasteiger partial charge in [0.25, 0.3) is 0 Å². The van der Waals surface area contributed by atoms with Crippen LogP contribution < -0.4 is 5.73 Å². The summed E-state index contributed by atoms with van der Waals surface area (Å²) < 4.78 is 5.63. The molecule has 1 aliphatic rings. The molecule has 84 valence electrons. The Morgan fingerprint density at radius 2 is 2.13 bits per heavy atom. The summed E-state index contributed by atoms with van der Waals surface area (Å²) in [7, 11) is 0. The Bertz CT molecular complexity index is 285. The van der Waals surface area contributed by atoms with Crippen molar-refractivity contribution in [3.8, 4) is 0 Å². The highest BCUT2D eigenvalue weighted by Gasteiger charge is 2.11. The molecule has 2 N–H and O–H groups in total. The summed E-state index contributed by atoms with van der Waals surface area (Å²) in [5.41, 5.74) is 5.59. The third-order valence-electron chi connectivity index (χ3n) is 2.29. The number of hydrogen-bond donors (Lipinski definition) is 1. The quantitative estimate of drug-likeness (QED) is 0.769. The van der Waals surface area contributed by atoms with Crippen molar-refractivity contribution in [1.29, 1.82) is 0 Å². The predicted molar refractivity (Wildman–Crippen MR) is 64.4 cm³/mol. The van der Waals surface area contributed by atoms with Crippen LogP contribution in [0.25, 0.3) is 0 Å². The topological polar surface area (TPSA) is 35.2 Å². The van der Waals surface area contributed by atoms with Gasteiger partial charge in [0, 0.05) is 0 Å². The molecule has 0 saturated carbocycles. The van der Waals surface area contributed by atoms with E-state index in [9.17, 15) is 0 Å². The smallest absolute Gasteiger partial charge is 0.119 e. The molecule has 15 heavy (non-hydrogen) atoms. The van der Waals surface area contributed by atoms with Crippen LogP contribution >= 0.6 is 0 Å². The van der Waals surface area contributed by atoms with Gasteiger partial charge in [-0.3, -0.25) is 0 Å². The first-order valence-electron chi connectivity index (χ1n) is 5.50. The second kappa shape index (κ2) is 5.17. The van der Waals surface area contributed by atoms with Gasteiger partial charge >= 0.3 is 0 Å². The Morgan fingerprint density at radius 3 is 2.80 bits per heavy atom. The van der Waals surface area contributed by atoms with Crippen LogP contribution in [0.5, 0.6) is 0 Å². The summed E-state index contributed by atoms with van der Waals surface area (Å²) in [4.78, 5) is 0. The molecule has 0 fully saturated rings. The van der Waals surface area contributed by atoms with Crippen molar-refractivity contribution < 1.29 is 4.74 Å². The normalized spacial score (nSPS) is 25.3. The molecule has 0 saturated heterocycles. The zero-order valence-electron chi connectivity index (χ0n) is 9.86. The summed E-state index contributed by atoms with van der Waals surface area (Å²) in [6, 6.07) is 0. The van der Waals surface area contributed by atoms with Gasteiger partial charge in [-0.25, -0.2) is 0 Å². The number of allylic oxidation sites excluding steroid dienone is 3. The van der Waals surface area contributed by atoms with E-state index in [1.807, 2.05) is 37.3 Å². The lowest BCUT2D eigenvalue weighted by atomic mass is 10.0. The van der Waals surface area contributed by atoms with Crippen LogP contribution in [-0.2, 0) is 4.74 Å². The highest BCUT2D eigenvalue weighted by Crippen LogP contribution is 2.13. The van der Waals surface area contributed by atoms with E-state index >= 15 is 0 Å². The van der Waals surface area contributed by atoms with Crippen molar-refractivity contribution in [2.24, 2.45) is 11.7 Å². The summed E-state index contributed by atoms with van der Waals surface area (Å²) >= 11 is 0. The molecule has 1 rings (SSSR count). The van der Waals surface area contributed by atoms with Crippen molar-refractivity contribution in [2.45, 2.75) is 32.7 Å². The summed E-state index contributed by atoms with van der Waals surface area (Å²) in [6.07, 6.45) is 10.8. The molecule has 0 bridgehead atoms. The Kier molecular flexibility index (Phi) is 4.15. The molecule has 2 nitrogen and oxygen atoms in total. The molecule has 1 unspecified atom stereocenters. The van der Waals surface area contributed by atoms with E-state index in [4.69, 9.17) is 10.5 Å². The lowest BCUT2D eigenvalue weighted by Gasteiger charge is -2.13. The fourth-order valence-corrected chi connectivity index (χ4v) is 1.23. The van der Waals surface area contributed by atoms with Crippen LogP contribution in [0.1, 0.15) is 27.2 Å². The van der Waals surface area contributed by atoms with Crippen molar-refractivity contribution in [3.63, 3.8) is 0 Å². The van der Waals surface area contributed by atoms with Crippen molar-refractivity contribution >= 4 is 0 Å². The van der Waals surface area contributed by atoms with Gasteiger partial charge in [-0.05, 0) is 31.4 Å². The average molecular weight is 207 g/mol.